The second-order valence-corrected chi connectivity index (χ2v) is 14.1. The molecule has 0 aliphatic carbocycles. The van der Waals surface area contributed by atoms with Gasteiger partial charge in [-0.3, -0.25) is 0 Å². The minimum Gasteiger partial charge on any atom is -0.354 e. The van der Waals surface area contributed by atoms with Crippen LogP contribution in [0, 0.1) is 99.6 Å². The number of rotatable bonds is 4. The number of hydrogen-bond acceptors (Lipinski definition) is 2. The van der Waals surface area contributed by atoms with Crippen molar-refractivity contribution in [3.05, 3.63) is 164 Å². The Kier molecular flexibility index (Phi) is 10.00. The van der Waals surface area contributed by atoms with Crippen LogP contribution in [-0.2, 0) is 0 Å². The first-order chi connectivity index (χ1) is 30.9. The molecule has 4 nitrogen and oxygen atoms in total. The molecular formula is C46H15F15N4. The molecule has 4 aromatic carbocycles. The summed E-state index contributed by atoms with van der Waals surface area (Å²) in [5.41, 5.74) is -11.4. The number of fused-ring (bicyclic) bond motifs is 8. The predicted molar refractivity (Wildman–Crippen MR) is 208 cm³/mol. The van der Waals surface area contributed by atoms with Crippen LogP contribution in [-0.4, -0.2) is 19.9 Å². The van der Waals surface area contributed by atoms with Gasteiger partial charge in [-0.15, -0.1) is 6.42 Å². The van der Waals surface area contributed by atoms with Gasteiger partial charge in [-0.2, -0.15) is 0 Å². The molecule has 65 heavy (non-hydrogen) atoms. The van der Waals surface area contributed by atoms with E-state index in [-0.39, 0.29) is 22.3 Å². The smallest absolute Gasteiger partial charge is 0.200 e. The minimum absolute atomic E-state index is 0.0250. The molecule has 2 aliphatic heterocycles. The fraction of sp³-hybridized carbons (Fsp3) is 0. The van der Waals surface area contributed by atoms with Crippen LogP contribution < -0.4 is 0 Å². The summed E-state index contributed by atoms with van der Waals surface area (Å²) in [5.74, 6) is -34.4. The number of aromatic amines is 2. The number of halogens is 15. The molecule has 7 aromatic rings. The molecule has 324 valence electrons. The van der Waals surface area contributed by atoms with E-state index in [0.29, 0.717) is 5.56 Å². The minimum atomic E-state index is -2.62. The quantitative estimate of drug-likeness (QED) is 0.0800. The average Bonchev–Trinajstić information content (AvgIpc) is 4.16. The van der Waals surface area contributed by atoms with E-state index in [1.54, 1.807) is 0 Å². The van der Waals surface area contributed by atoms with Gasteiger partial charge in [-0.1, -0.05) is 18.1 Å². The number of hydrogen-bond donors (Lipinski definition) is 2. The molecule has 0 amide bonds. The highest BCUT2D eigenvalue weighted by molar-refractivity contribution is 6.00. The molecule has 2 aliphatic rings. The second kappa shape index (κ2) is 15.4. The van der Waals surface area contributed by atoms with Crippen LogP contribution in [0.25, 0.3) is 90.9 Å². The average molecular weight is 909 g/mol. The lowest BCUT2D eigenvalue weighted by Gasteiger charge is -2.11. The van der Waals surface area contributed by atoms with Crippen LogP contribution in [0.15, 0.2) is 48.5 Å². The third-order valence-corrected chi connectivity index (χ3v) is 10.5. The Bertz CT molecular complexity index is 3410. The number of nitrogens with zero attached hydrogens (tertiary/aromatic N) is 2. The molecule has 0 saturated carbocycles. The lowest BCUT2D eigenvalue weighted by Crippen LogP contribution is -2.06. The Labute approximate surface area is 352 Å². The molecule has 0 atom stereocenters. The van der Waals surface area contributed by atoms with Gasteiger partial charge in [0.2, 0.25) is 17.5 Å². The maximum absolute atomic E-state index is 15.8. The summed E-state index contributed by atoms with van der Waals surface area (Å²) in [6.07, 6.45) is 9.39. The van der Waals surface area contributed by atoms with Gasteiger partial charge in [0, 0.05) is 49.9 Å². The third-order valence-electron chi connectivity index (χ3n) is 10.5. The van der Waals surface area contributed by atoms with E-state index in [1.807, 2.05) is 0 Å². The van der Waals surface area contributed by atoms with E-state index in [9.17, 15) is 39.5 Å². The van der Waals surface area contributed by atoms with Gasteiger partial charge in [-0.05, 0) is 66.3 Å². The van der Waals surface area contributed by atoms with Crippen molar-refractivity contribution in [1.82, 2.24) is 19.9 Å². The van der Waals surface area contributed by atoms with Gasteiger partial charge in [0.1, 0.15) is 0 Å². The fourth-order valence-electron chi connectivity index (χ4n) is 7.50. The zero-order valence-corrected chi connectivity index (χ0v) is 31.6. The molecule has 9 rings (SSSR count). The van der Waals surface area contributed by atoms with E-state index in [1.165, 1.54) is 36.4 Å². The number of terminal acetylenes is 1. The van der Waals surface area contributed by atoms with E-state index >= 15 is 26.3 Å². The summed E-state index contributed by atoms with van der Waals surface area (Å²) in [7, 11) is 0. The van der Waals surface area contributed by atoms with Crippen LogP contribution >= 0.6 is 0 Å². The van der Waals surface area contributed by atoms with Crippen molar-refractivity contribution in [3.8, 4) is 56.9 Å². The number of aromatic nitrogens is 4. The summed E-state index contributed by atoms with van der Waals surface area (Å²) < 4.78 is 228. The molecular weight excluding hydrogens is 894 g/mol. The normalized spacial score (nSPS) is 12.1. The Morgan fingerprint density at radius 2 is 0.554 bits per heavy atom. The number of H-pyrrole nitrogens is 2. The van der Waals surface area contributed by atoms with Gasteiger partial charge in [-0.25, -0.2) is 75.8 Å². The highest BCUT2D eigenvalue weighted by Crippen LogP contribution is 2.43. The van der Waals surface area contributed by atoms with E-state index in [0.717, 1.165) is 36.4 Å². The molecule has 0 spiro atoms. The van der Waals surface area contributed by atoms with E-state index in [4.69, 9.17) is 6.42 Å². The van der Waals surface area contributed by atoms with E-state index < -0.39 is 154 Å². The van der Waals surface area contributed by atoms with Crippen LogP contribution in [0.4, 0.5) is 65.9 Å². The van der Waals surface area contributed by atoms with Crippen molar-refractivity contribution in [2.45, 2.75) is 0 Å². The van der Waals surface area contributed by atoms with Crippen LogP contribution in [0.3, 0.4) is 0 Å². The Morgan fingerprint density at radius 1 is 0.308 bits per heavy atom. The molecule has 8 bridgehead atoms. The van der Waals surface area contributed by atoms with Gasteiger partial charge < -0.3 is 9.97 Å². The predicted octanol–water partition coefficient (Wildman–Crippen LogP) is 13.4. The standard InChI is InChI=1S/C46H15F15N4/c1-2-15-3-5-16(6-4-15)25-17-7-9-19(62-17)26(29-32(47)38(53)44(59)39(54)33(29)48)21-11-13-23(64-21)28(31-36(51)42(57)46(61)43(58)37(31)52)24-14-12-22(65-24)27(20-10-8-18(25)63-20)30-34(49)40(55)45(60)41(56)35(30)50/h1,3-14,62,65H. The molecule has 19 heteroatoms. The first-order valence-electron chi connectivity index (χ1n) is 18.2. The summed E-state index contributed by atoms with van der Waals surface area (Å²) in [6.45, 7) is 0. The van der Waals surface area contributed by atoms with Crippen LogP contribution in [0.1, 0.15) is 28.3 Å². The maximum atomic E-state index is 15.8. The molecule has 0 saturated heterocycles. The lowest BCUT2D eigenvalue weighted by atomic mass is 10.0. The zero-order valence-electron chi connectivity index (χ0n) is 31.6. The Morgan fingerprint density at radius 3 is 0.831 bits per heavy atom. The van der Waals surface area contributed by atoms with Crippen molar-refractivity contribution in [2.24, 2.45) is 0 Å². The molecule has 0 unspecified atom stereocenters. The summed E-state index contributed by atoms with van der Waals surface area (Å²) in [4.78, 5) is 13.8. The van der Waals surface area contributed by atoms with Crippen LogP contribution in [0.5, 0.6) is 0 Å². The van der Waals surface area contributed by atoms with Crippen molar-refractivity contribution in [1.29, 1.82) is 0 Å². The van der Waals surface area contributed by atoms with Crippen molar-refractivity contribution in [2.75, 3.05) is 0 Å². The molecule has 0 fully saturated rings. The maximum Gasteiger partial charge on any atom is 0.200 e. The van der Waals surface area contributed by atoms with Crippen molar-refractivity contribution >= 4 is 46.4 Å². The SMILES string of the molecule is C#Cc1ccc(-c2c3nc(c(-c4c(F)c(F)c(F)c(F)c4F)c4ccc([nH]4)c(-c4c(F)c(F)c(F)c(F)c4F)c4nc(c(-c5c(F)c(F)c(F)c(F)c5F)c5ccc2[nH]5)C=C4)C=C3)cc1. The molecule has 3 aromatic heterocycles. The van der Waals surface area contributed by atoms with Crippen molar-refractivity contribution in [3.63, 3.8) is 0 Å². The topological polar surface area (TPSA) is 57.4 Å². The Balaban J connectivity index is 1.56. The fourth-order valence-corrected chi connectivity index (χ4v) is 7.50. The van der Waals surface area contributed by atoms with Gasteiger partial charge >= 0.3 is 0 Å². The van der Waals surface area contributed by atoms with Crippen LogP contribution in [0.2, 0.25) is 0 Å². The highest BCUT2D eigenvalue weighted by atomic mass is 19.2. The number of benzene rings is 4. The molecule has 5 heterocycles. The third kappa shape index (κ3) is 6.38. The summed E-state index contributed by atoms with van der Waals surface area (Å²) in [6, 6.07) is 9.82. The van der Waals surface area contributed by atoms with E-state index in [2.05, 4.69) is 25.9 Å². The summed E-state index contributed by atoms with van der Waals surface area (Å²) >= 11 is 0. The van der Waals surface area contributed by atoms with Gasteiger partial charge in [0.15, 0.2) is 69.8 Å². The largest absolute Gasteiger partial charge is 0.354 e. The zero-order chi connectivity index (χ0) is 46.5. The first kappa shape index (κ1) is 42.3. The lowest BCUT2D eigenvalue weighted by molar-refractivity contribution is 0.381. The second-order valence-electron chi connectivity index (χ2n) is 14.1. The Hall–Kier alpha value is -8.01. The van der Waals surface area contributed by atoms with Crippen molar-refractivity contribution < 1.29 is 65.9 Å². The number of nitrogens with one attached hydrogen (secondary N) is 2. The first-order valence-corrected chi connectivity index (χ1v) is 18.2. The monoisotopic (exact) mass is 908 g/mol. The molecule has 0 radical (unpaired) electrons. The van der Waals surface area contributed by atoms with Gasteiger partial charge in [0.25, 0.3) is 0 Å². The molecule has 2 N–H and O–H groups in total. The highest BCUT2D eigenvalue weighted by Gasteiger charge is 2.33. The summed E-state index contributed by atoms with van der Waals surface area (Å²) in [5, 5.41) is 0. The van der Waals surface area contributed by atoms with Gasteiger partial charge in [0.05, 0.1) is 39.5 Å².